The van der Waals surface area contributed by atoms with Crippen molar-refractivity contribution in [2.24, 2.45) is 0 Å². The lowest BCUT2D eigenvalue weighted by atomic mass is 10.1. The first-order chi connectivity index (χ1) is 12.6. The van der Waals surface area contributed by atoms with E-state index in [1.165, 1.54) is 10.9 Å². The van der Waals surface area contributed by atoms with E-state index >= 15 is 0 Å². The van der Waals surface area contributed by atoms with E-state index in [4.69, 9.17) is 10.5 Å². The second-order valence-corrected chi connectivity index (χ2v) is 5.97. The lowest BCUT2D eigenvalue weighted by molar-refractivity contribution is -0.0511. The maximum Gasteiger partial charge on any atom is 0.224 e. The molecular formula is C16H18N6O4. The average molecular weight is 358 g/mol. The van der Waals surface area contributed by atoms with Gasteiger partial charge in [-0.05, 0) is 12.1 Å². The number of nitrogens with zero attached hydrogens (tertiary/aromatic N) is 4. The van der Waals surface area contributed by atoms with Crippen molar-refractivity contribution in [1.82, 2.24) is 19.5 Å². The standard InChI is InChI=1S/C16H18N6O4/c17-16-20-13(19-8-4-2-1-3-5-8)10-14(21-16)22(7-18-10)15-12(25)11(24)9(6-23)26-15/h1-5,7,9,11-12,15,23-25H,6H2,(H3,17,19,20,21)/t9-,11+,12+,15-/m0/s1. The number of anilines is 3. The molecule has 136 valence electrons. The van der Waals surface area contributed by atoms with Crippen molar-refractivity contribution in [3.63, 3.8) is 0 Å². The van der Waals surface area contributed by atoms with E-state index in [1.807, 2.05) is 30.3 Å². The Balaban J connectivity index is 1.75. The zero-order valence-electron chi connectivity index (χ0n) is 13.6. The summed E-state index contributed by atoms with van der Waals surface area (Å²) in [5, 5.41) is 32.6. The third-order valence-corrected chi connectivity index (χ3v) is 4.27. The van der Waals surface area contributed by atoms with E-state index in [-0.39, 0.29) is 5.95 Å². The molecule has 1 aliphatic rings. The number of nitrogens with one attached hydrogen (secondary N) is 1. The van der Waals surface area contributed by atoms with Crippen LogP contribution in [0.5, 0.6) is 0 Å². The summed E-state index contributed by atoms with van der Waals surface area (Å²) in [6.07, 6.45) is -2.88. The highest BCUT2D eigenvalue weighted by Gasteiger charge is 2.44. The van der Waals surface area contributed by atoms with E-state index in [0.717, 1.165) is 5.69 Å². The minimum absolute atomic E-state index is 0.0180. The van der Waals surface area contributed by atoms with Gasteiger partial charge < -0.3 is 31.1 Å². The fourth-order valence-corrected chi connectivity index (χ4v) is 2.97. The Morgan fingerprint density at radius 2 is 1.92 bits per heavy atom. The van der Waals surface area contributed by atoms with Crippen molar-refractivity contribution >= 4 is 28.6 Å². The molecule has 1 fully saturated rings. The van der Waals surface area contributed by atoms with Crippen LogP contribution in [0.25, 0.3) is 11.2 Å². The van der Waals surface area contributed by atoms with Gasteiger partial charge in [0.05, 0.1) is 12.9 Å². The smallest absolute Gasteiger partial charge is 0.224 e. The Morgan fingerprint density at radius 3 is 2.62 bits per heavy atom. The van der Waals surface area contributed by atoms with Gasteiger partial charge in [-0.2, -0.15) is 9.97 Å². The van der Waals surface area contributed by atoms with Crippen LogP contribution in [0.2, 0.25) is 0 Å². The molecule has 1 aromatic carbocycles. The summed E-state index contributed by atoms with van der Waals surface area (Å²) in [4.78, 5) is 12.7. The number of ether oxygens (including phenoxy) is 1. The molecule has 6 N–H and O–H groups in total. The summed E-state index contributed by atoms with van der Waals surface area (Å²) in [5.41, 5.74) is 7.39. The first-order valence-electron chi connectivity index (χ1n) is 8.03. The molecule has 10 heteroatoms. The number of fused-ring (bicyclic) bond motifs is 1. The van der Waals surface area contributed by atoms with Gasteiger partial charge >= 0.3 is 0 Å². The normalized spacial score (nSPS) is 25.7. The third kappa shape index (κ3) is 2.74. The highest BCUT2D eigenvalue weighted by Crippen LogP contribution is 2.33. The summed E-state index contributed by atoms with van der Waals surface area (Å²) in [6, 6.07) is 9.38. The van der Waals surface area contributed by atoms with Gasteiger partial charge in [0, 0.05) is 5.69 Å². The minimum Gasteiger partial charge on any atom is -0.394 e. The van der Waals surface area contributed by atoms with E-state index in [1.54, 1.807) is 0 Å². The van der Waals surface area contributed by atoms with Crippen molar-refractivity contribution in [1.29, 1.82) is 0 Å². The Labute approximate surface area is 147 Å². The maximum atomic E-state index is 10.2. The van der Waals surface area contributed by atoms with E-state index < -0.39 is 31.1 Å². The monoisotopic (exact) mass is 358 g/mol. The molecule has 0 saturated carbocycles. The molecule has 0 radical (unpaired) electrons. The highest BCUT2D eigenvalue weighted by atomic mass is 16.6. The molecule has 4 rings (SSSR count). The predicted molar refractivity (Wildman–Crippen MR) is 92.5 cm³/mol. The summed E-state index contributed by atoms with van der Waals surface area (Å²) < 4.78 is 7.00. The van der Waals surface area contributed by atoms with Crippen LogP contribution >= 0.6 is 0 Å². The van der Waals surface area contributed by atoms with Gasteiger partial charge in [0.25, 0.3) is 0 Å². The van der Waals surface area contributed by atoms with Gasteiger partial charge in [0.2, 0.25) is 5.95 Å². The van der Waals surface area contributed by atoms with Crippen LogP contribution in [-0.4, -0.2) is 59.8 Å². The number of aromatic nitrogens is 4. The van der Waals surface area contributed by atoms with Crippen LogP contribution in [0.3, 0.4) is 0 Å². The predicted octanol–water partition coefficient (Wildman–Crippen LogP) is -0.236. The number of rotatable bonds is 4. The number of benzene rings is 1. The van der Waals surface area contributed by atoms with Crippen molar-refractivity contribution in [3.8, 4) is 0 Å². The lowest BCUT2D eigenvalue weighted by Gasteiger charge is -2.16. The molecule has 4 atom stereocenters. The molecule has 1 aliphatic heterocycles. The van der Waals surface area contributed by atoms with Crippen molar-refractivity contribution in [2.45, 2.75) is 24.5 Å². The quantitative estimate of drug-likeness (QED) is 0.425. The number of nitrogen functional groups attached to an aromatic ring is 1. The Bertz CT molecular complexity index is 918. The van der Waals surface area contributed by atoms with Crippen LogP contribution < -0.4 is 11.1 Å². The molecule has 0 amide bonds. The van der Waals surface area contributed by atoms with E-state index in [2.05, 4.69) is 20.3 Å². The number of imidazole rings is 1. The maximum absolute atomic E-state index is 10.2. The van der Waals surface area contributed by atoms with Crippen molar-refractivity contribution in [3.05, 3.63) is 36.7 Å². The Morgan fingerprint density at radius 1 is 1.15 bits per heavy atom. The molecule has 1 saturated heterocycles. The zero-order chi connectivity index (χ0) is 18.3. The summed E-state index contributed by atoms with van der Waals surface area (Å²) >= 11 is 0. The molecule has 0 spiro atoms. The van der Waals surface area contributed by atoms with Gasteiger partial charge in [0.1, 0.15) is 18.3 Å². The summed E-state index contributed by atoms with van der Waals surface area (Å²) in [6.45, 7) is -0.417. The first kappa shape index (κ1) is 16.7. The van der Waals surface area contributed by atoms with Gasteiger partial charge in [-0.25, -0.2) is 4.98 Å². The minimum atomic E-state index is -1.24. The Hall–Kier alpha value is -2.79. The Kier molecular flexibility index (Phi) is 4.17. The zero-order valence-corrected chi connectivity index (χ0v) is 13.6. The summed E-state index contributed by atoms with van der Waals surface area (Å²) in [7, 11) is 0. The molecule has 3 heterocycles. The fourth-order valence-electron chi connectivity index (χ4n) is 2.97. The van der Waals surface area contributed by atoms with Crippen LogP contribution in [0, 0.1) is 0 Å². The second-order valence-electron chi connectivity index (χ2n) is 5.97. The van der Waals surface area contributed by atoms with Gasteiger partial charge in [-0.15, -0.1) is 0 Å². The number of para-hydroxylation sites is 1. The third-order valence-electron chi connectivity index (χ3n) is 4.27. The van der Waals surface area contributed by atoms with Crippen LogP contribution in [0.15, 0.2) is 36.7 Å². The summed E-state index contributed by atoms with van der Waals surface area (Å²) in [5.74, 6) is 0.425. The lowest BCUT2D eigenvalue weighted by Crippen LogP contribution is -2.33. The second kappa shape index (κ2) is 6.50. The molecule has 10 nitrogen and oxygen atoms in total. The van der Waals surface area contributed by atoms with E-state index in [9.17, 15) is 15.3 Å². The molecule has 3 aromatic rings. The molecule has 2 aromatic heterocycles. The number of aliphatic hydroxyl groups is 3. The SMILES string of the molecule is Nc1nc(Nc2ccccc2)c2ncn([C@H]3O[C@@H](CO)[C@@H](O)[C@H]3O)c2n1. The molecule has 0 aliphatic carbocycles. The van der Waals surface area contributed by atoms with Gasteiger partial charge in [-0.3, -0.25) is 4.57 Å². The fraction of sp³-hybridized carbons (Fsp3) is 0.312. The van der Waals surface area contributed by atoms with Crippen LogP contribution in [0.1, 0.15) is 6.23 Å². The van der Waals surface area contributed by atoms with Gasteiger partial charge in [-0.1, -0.05) is 18.2 Å². The topological polar surface area (TPSA) is 152 Å². The van der Waals surface area contributed by atoms with Crippen molar-refractivity contribution in [2.75, 3.05) is 17.7 Å². The number of aliphatic hydroxyl groups excluding tert-OH is 3. The number of hydrogen-bond donors (Lipinski definition) is 5. The highest BCUT2D eigenvalue weighted by molar-refractivity contribution is 5.86. The molecule has 0 unspecified atom stereocenters. The van der Waals surface area contributed by atoms with Crippen LogP contribution in [0.4, 0.5) is 17.5 Å². The van der Waals surface area contributed by atoms with Crippen molar-refractivity contribution < 1.29 is 20.1 Å². The number of nitrogens with two attached hydrogens (primary N) is 1. The molecule has 26 heavy (non-hydrogen) atoms. The van der Waals surface area contributed by atoms with E-state index in [0.29, 0.717) is 17.0 Å². The first-order valence-corrected chi connectivity index (χ1v) is 8.03. The van der Waals surface area contributed by atoms with Crippen LogP contribution in [-0.2, 0) is 4.74 Å². The molecular weight excluding hydrogens is 340 g/mol. The molecule has 0 bridgehead atoms. The number of hydrogen-bond acceptors (Lipinski definition) is 9. The largest absolute Gasteiger partial charge is 0.394 e. The van der Waals surface area contributed by atoms with Gasteiger partial charge in [0.15, 0.2) is 23.2 Å². The average Bonchev–Trinajstić information content (AvgIpc) is 3.17.